The van der Waals surface area contributed by atoms with Crippen LogP contribution in [-0.2, 0) is 25.2 Å². The molecular weight excluding hydrogens is 458 g/mol. The van der Waals surface area contributed by atoms with Crippen molar-refractivity contribution in [2.75, 3.05) is 25.5 Å². The summed E-state index contributed by atoms with van der Waals surface area (Å²) < 4.78 is 29.3. The summed E-state index contributed by atoms with van der Waals surface area (Å²) in [6.45, 7) is 1.81. The van der Waals surface area contributed by atoms with Gasteiger partial charge in [0.25, 0.3) is 15.9 Å². The average molecular weight is 484 g/mol. The van der Waals surface area contributed by atoms with E-state index in [0.717, 1.165) is 17.9 Å². The molecule has 0 radical (unpaired) electrons. The highest BCUT2D eigenvalue weighted by molar-refractivity contribution is 7.90. The molecule has 0 saturated carbocycles. The first kappa shape index (κ1) is 23.4. The Morgan fingerprint density at radius 2 is 1.88 bits per heavy atom. The van der Waals surface area contributed by atoms with E-state index in [0.29, 0.717) is 17.8 Å². The summed E-state index contributed by atoms with van der Waals surface area (Å²) in [5, 5.41) is 5.20. The molecule has 0 spiro atoms. The number of hydrogen-bond donors (Lipinski definition) is 2. The Morgan fingerprint density at radius 3 is 2.56 bits per heavy atom. The Labute approximate surface area is 197 Å². The Kier molecular flexibility index (Phi) is 6.13. The van der Waals surface area contributed by atoms with Gasteiger partial charge in [-0.05, 0) is 37.1 Å². The van der Waals surface area contributed by atoms with Crippen LogP contribution in [0.3, 0.4) is 0 Å². The standard InChI is InChI=1S/C23H25N5O5S/c1-23(16-8-4-3-5-9-16)21(30)28(22(31)25-23)15-20(29)24-17-10-6-11-18(14-17)34(32,33)26-19-12-7-13-27(19)2/h3-6,8-11,14H,7,12-13,15H2,1-2H3,(H,24,29)(H,25,31)/b26-19+. The molecule has 2 heterocycles. The van der Waals surface area contributed by atoms with E-state index in [-0.39, 0.29) is 10.6 Å². The summed E-state index contributed by atoms with van der Waals surface area (Å²) >= 11 is 0. The van der Waals surface area contributed by atoms with Crippen molar-refractivity contribution in [2.45, 2.75) is 30.2 Å². The first-order chi connectivity index (χ1) is 16.1. The highest BCUT2D eigenvalue weighted by Crippen LogP contribution is 2.28. The minimum absolute atomic E-state index is 0.0651. The number of carbonyl (C=O) groups is 3. The summed E-state index contributed by atoms with van der Waals surface area (Å²) in [5.41, 5.74) is -0.466. The average Bonchev–Trinajstić information content (AvgIpc) is 3.30. The summed E-state index contributed by atoms with van der Waals surface area (Å²) in [5.74, 6) is -0.696. The number of amidine groups is 1. The number of rotatable bonds is 6. The Balaban J connectivity index is 1.47. The molecule has 4 rings (SSSR count). The van der Waals surface area contributed by atoms with Gasteiger partial charge in [-0.1, -0.05) is 36.4 Å². The van der Waals surface area contributed by atoms with Crippen molar-refractivity contribution < 1.29 is 22.8 Å². The van der Waals surface area contributed by atoms with E-state index < -0.39 is 40.0 Å². The molecule has 34 heavy (non-hydrogen) atoms. The quantitative estimate of drug-likeness (QED) is 0.604. The molecule has 2 aromatic rings. The smallest absolute Gasteiger partial charge is 0.325 e. The van der Waals surface area contributed by atoms with Crippen LogP contribution in [0.2, 0.25) is 0 Å². The lowest BCUT2D eigenvalue weighted by atomic mass is 9.92. The van der Waals surface area contributed by atoms with E-state index in [1.807, 2.05) is 0 Å². The highest BCUT2D eigenvalue weighted by Gasteiger charge is 2.49. The first-order valence-corrected chi connectivity index (χ1v) is 12.2. The van der Waals surface area contributed by atoms with Gasteiger partial charge < -0.3 is 15.5 Å². The number of hydrogen-bond acceptors (Lipinski definition) is 5. The molecule has 2 N–H and O–H groups in total. The zero-order chi connectivity index (χ0) is 24.5. The minimum atomic E-state index is -3.95. The van der Waals surface area contributed by atoms with Gasteiger partial charge in [0.1, 0.15) is 17.9 Å². The maximum absolute atomic E-state index is 13.0. The van der Waals surface area contributed by atoms with Crippen LogP contribution in [0, 0.1) is 0 Å². The largest absolute Gasteiger partial charge is 0.362 e. The molecule has 0 aliphatic carbocycles. The topological polar surface area (TPSA) is 128 Å². The summed E-state index contributed by atoms with van der Waals surface area (Å²) in [4.78, 5) is 40.6. The third kappa shape index (κ3) is 4.51. The van der Waals surface area contributed by atoms with Gasteiger partial charge in [-0.25, -0.2) is 4.79 Å². The van der Waals surface area contributed by atoms with Gasteiger partial charge in [0, 0.05) is 25.7 Å². The Bertz CT molecular complexity index is 1280. The lowest BCUT2D eigenvalue weighted by molar-refractivity contribution is -0.133. The minimum Gasteiger partial charge on any atom is -0.362 e. The van der Waals surface area contributed by atoms with E-state index in [1.54, 1.807) is 49.2 Å². The molecule has 4 amide bonds. The van der Waals surface area contributed by atoms with E-state index >= 15 is 0 Å². The van der Waals surface area contributed by atoms with Crippen molar-refractivity contribution in [3.63, 3.8) is 0 Å². The van der Waals surface area contributed by atoms with Crippen molar-refractivity contribution in [1.82, 2.24) is 15.1 Å². The molecule has 1 unspecified atom stereocenters. The molecule has 11 heteroatoms. The van der Waals surface area contributed by atoms with Crippen LogP contribution in [-0.4, -0.2) is 62.0 Å². The van der Waals surface area contributed by atoms with Crippen LogP contribution in [0.15, 0.2) is 63.9 Å². The zero-order valence-corrected chi connectivity index (χ0v) is 19.6. The lowest BCUT2D eigenvalue weighted by Crippen LogP contribution is -2.42. The molecule has 2 aliphatic heterocycles. The Morgan fingerprint density at radius 1 is 1.15 bits per heavy atom. The fourth-order valence-electron chi connectivity index (χ4n) is 3.99. The number of likely N-dealkylation sites (tertiary alicyclic amines) is 1. The second-order valence-corrected chi connectivity index (χ2v) is 10.0. The molecule has 0 bridgehead atoms. The van der Waals surface area contributed by atoms with Crippen molar-refractivity contribution in [2.24, 2.45) is 4.40 Å². The van der Waals surface area contributed by atoms with Crippen LogP contribution in [0.5, 0.6) is 0 Å². The zero-order valence-electron chi connectivity index (χ0n) is 18.8. The molecule has 178 valence electrons. The van der Waals surface area contributed by atoms with Gasteiger partial charge in [0.2, 0.25) is 5.91 Å². The highest BCUT2D eigenvalue weighted by atomic mass is 32.2. The van der Waals surface area contributed by atoms with Gasteiger partial charge in [0.15, 0.2) is 0 Å². The van der Waals surface area contributed by atoms with Crippen molar-refractivity contribution in [3.05, 3.63) is 60.2 Å². The fourth-order valence-corrected chi connectivity index (χ4v) is 5.13. The number of anilines is 1. The van der Waals surface area contributed by atoms with E-state index in [4.69, 9.17) is 0 Å². The predicted molar refractivity (Wildman–Crippen MR) is 126 cm³/mol. The van der Waals surface area contributed by atoms with Crippen LogP contribution in [0.4, 0.5) is 10.5 Å². The predicted octanol–water partition coefficient (Wildman–Crippen LogP) is 1.91. The van der Waals surface area contributed by atoms with Gasteiger partial charge >= 0.3 is 6.03 Å². The van der Waals surface area contributed by atoms with Crippen LogP contribution >= 0.6 is 0 Å². The van der Waals surface area contributed by atoms with Crippen LogP contribution in [0.1, 0.15) is 25.3 Å². The monoisotopic (exact) mass is 483 g/mol. The molecule has 2 aliphatic rings. The maximum Gasteiger partial charge on any atom is 0.325 e. The van der Waals surface area contributed by atoms with Gasteiger partial charge in [-0.15, -0.1) is 4.40 Å². The van der Waals surface area contributed by atoms with E-state index in [9.17, 15) is 22.8 Å². The van der Waals surface area contributed by atoms with Crippen LogP contribution < -0.4 is 10.6 Å². The first-order valence-electron chi connectivity index (χ1n) is 10.7. The molecule has 2 fully saturated rings. The third-order valence-electron chi connectivity index (χ3n) is 5.90. The van der Waals surface area contributed by atoms with Crippen LogP contribution in [0.25, 0.3) is 0 Å². The molecule has 1 atom stereocenters. The SMILES string of the molecule is CN1CCC/C1=N\S(=O)(=O)c1cccc(NC(=O)CN2C(=O)NC(C)(c3ccccc3)C2=O)c1. The number of nitrogens with zero attached hydrogens (tertiary/aromatic N) is 3. The van der Waals surface area contributed by atoms with E-state index in [2.05, 4.69) is 15.0 Å². The van der Waals surface area contributed by atoms with Crippen molar-refractivity contribution >= 4 is 39.4 Å². The second-order valence-electron chi connectivity index (χ2n) is 8.40. The van der Waals surface area contributed by atoms with E-state index in [1.165, 1.54) is 24.3 Å². The molecular formula is C23H25N5O5S. The lowest BCUT2D eigenvalue weighted by Gasteiger charge is -2.22. The number of nitrogens with one attached hydrogen (secondary N) is 2. The number of carbonyl (C=O) groups excluding carboxylic acids is 3. The summed E-state index contributed by atoms with van der Waals surface area (Å²) in [6.07, 6.45) is 1.42. The van der Waals surface area contributed by atoms with Crippen molar-refractivity contribution in [3.8, 4) is 0 Å². The maximum atomic E-state index is 13.0. The third-order valence-corrected chi connectivity index (χ3v) is 7.20. The molecule has 2 aromatic carbocycles. The molecule has 10 nitrogen and oxygen atoms in total. The normalized spacial score (nSPS) is 21.8. The number of benzene rings is 2. The number of sulfonamides is 1. The second kappa shape index (κ2) is 8.90. The van der Waals surface area contributed by atoms with Gasteiger partial charge in [-0.2, -0.15) is 8.42 Å². The Hall–Kier alpha value is -3.73. The molecule has 2 saturated heterocycles. The summed E-state index contributed by atoms with van der Waals surface area (Å²) in [7, 11) is -2.17. The number of imide groups is 1. The summed E-state index contributed by atoms with van der Waals surface area (Å²) in [6, 6.07) is 13.8. The van der Waals surface area contributed by atoms with Gasteiger partial charge in [0.05, 0.1) is 4.90 Å². The fraction of sp³-hybridized carbons (Fsp3) is 0.304. The van der Waals surface area contributed by atoms with Crippen molar-refractivity contribution in [1.29, 1.82) is 0 Å². The molecule has 0 aromatic heterocycles. The number of urea groups is 1. The van der Waals surface area contributed by atoms with Gasteiger partial charge in [-0.3, -0.25) is 14.5 Å². The number of amides is 4.